The quantitative estimate of drug-likeness (QED) is 0.423. The van der Waals surface area contributed by atoms with Gasteiger partial charge in [0.1, 0.15) is 24.0 Å². The number of rotatable bonds is 6. The minimum Gasteiger partial charge on any atom is -0.488 e. The second-order valence-electron chi connectivity index (χ2n) is 6.32. The molecule has 0 spiro atoms. The van der Waals surface area contributed by atoms with Crippen molar-refractivity contribution in [1.82, 2.24) is 4.98 Å². The van der Waals surface area contributed by atoms with Crippen molar-refractivity contribution in [1.29, 1.82) is 0 Å². The van der Waals surface area contributed by atoms with E-state index in [0.29, 0.717) is 22.9 Å². The number of aromatic nitrogens is 1. The molecule has 28 heavy (non-hydrogen) atoms. The van der Waals surface area contributed by atoms with E-state index >= 15 is 0 Å². The van der Waals surface area contributed by atoms with E-state index in [0.717, 1.165) is 22.2 Å². The van der Waals surface area contributed by atoms with E-state index in [9.17, 15) is 4.39 Å². The second kappa shape index (κ2) is 8.28. The van der Waals surface area contributed by atoms with Crippen LogP contribution >= 0.6 is 11.6 Å². The molecule has 140 valence electrons. The zero-order valence-electron chi connectivity index (χ0n) is 15.0. The molecule has 0 radical (unpaired) electrons. The Balaban J connectivity index is 1.65. The molecule has 4 rings (SSSR count). The first-order valence-corrected chi connectivity index (χ1v) is 9.31. The summed E-state index contributed by atoms with van der Waals surface area (Å²) in [5, 5.41) is 5.86. The molecule has 0 fully saturated rings. The first kappa shape index (κ1) is 18.3. The largest absolute Gasteiger partial charge is 0.488 e. The maximum absolute atomic E-state index is 14.1. The fourth-order valence-electron chi connectivity index (χ4n) is 3.10. The fourth-order valence-corrected chi connectivity index (χ4v) is 3.32. The Kier molecular flexibility index (Phi) is 5.40. The van der Waals surface area contributed by atoms with E-state index in [1.54, 1.807) is 18.3 Å². The molecule has 1 N–H and O–H groups in total. The molecule has 0 bridgehead atoms. The molecule has 0 unspecified atom stereocenters. The highest BCUT2D eigenvalue weighted by molar-refractivity contribution is 6.31. The number of anilines is 1. The summed E-state index contributed by atoms with van der Waals surface area (Å²) in [5.74, 6) is 1.08. The topological polar surface area (TPSA) is 34.1 Å². The second-order valence-corrected chi connectivity index (χ2v) is 6.73. The number of nitrogens with zero attached hydrogens (tertiary/aromatic N) is 1. The van der Waals surface area contributed by atoms with Crippen LogP contribution in [0.3, 0.4) is 0 Å². The highest BCUT2D eigenvalue weighted by Crippen LogP contribution is 2.30. The van der Waals surface area contributed by atoms with Crippen LogP contribution in [0.15, 0.2) is 79.0 Å². The average Bonchev–Trinajstić information content (AvgIpc) is 2.73. The van der Waals surface area contributed by atoms with Gasteiger partial charge in [0, 0.05) is 23.9 Å². The third kappa shape index (κ3) is 3.92. The van der Waals surface area contributed by atoms with Gasteiger partial charge in [0.15, 0.2) is 0 Å². The van der Waals surface area contributed by atoms with Crippen molar-refractivity contribution >= 4 is 28.2 Å². The maximum atomic E-state index is 14.1. The Bertz CT molecular complexity index is 1080. The Hall–Kier alpha value is -3.11. The van der Waals surface area contributed by atoms with Crippen molar-refractivity contribution in [2.45, 2.75) is 13.2 Å². The molecule has 0 aliphatic heterocycles. The van der Waals surface area contributed by atoms with E-state index in [2.05, 4.69) is 16.4 Å². The van der Waals surface area contributed by atoms with Gasteiger partial charge in [0.05, 0.1) is 5.02 Å². The van der Waals surface area contributed by atoms with Crippen LogP contribution < -0.4 is 10.1 Å². The fraction of sp³-hybridized carbons (Fsp3) is 0.0870. The van der Waals surface area contributed by atoms with Gasteiger partial charge in [-0.25, -0.2) is 9.37 Å². The van der Waals surface area contributed by atoms with E-state index in [1.807, 2.05) is 48.5 Å². The molecule has 0 aliphatic carbocycles. The minimum atomic E-state index is -0.374. The molecule has 3 aromatic carbocycles. The highest BCUT2D eigenvalue weighted by Gasteiger charge is 2.12. The van der Waals surface area contributed by atoms with Crippen molar-refractivity contribution in [2.24, 2.45) is 0 Å². The number of nitrogens with one attached hydrogen (secondary N) is 1. The van der Waals surface area contributed by atoms with Gasteiger partial charge in [0.2, 0.25) is 0 Å². The van der Waals surface area contributed by atoms with Crippen LogP contribution in [0.1, 0.15) is 11.1 Å². The van der Waals surface area contributed by atoms with Crippen LogP contribution in [0.25, 0.3) is 10.8 Å². The number of benzene rings is 3. The van der Waals surface area contributed by atoms with Crippen LogP contribution in [0.4, 0.5) is 10.2 Å². The first-order chi connectivity index (χ1) is 13.7. The number of hydrogen-bond donors (Lipinski definition) is 1. The Morgan fingerprint density at radius 3 is 2.57 bits per heavy atom. The lowest BCUT2D eigenvalue weighted by atomic mass is 10.0. The number of hydrogen-bond acceptors (Lipinski definition) is 3. The Labute approximate surface area is 167 Å². The smallest absolute Gasteiger partial charge is 0.131 e. The molecule has 4 aromatic rings. The van der Waals surface area contributed by atoms with Crippen molar-refractivity contribution in [3.8, 4) is 5.75 Å². The number of ether oxygens (including phenoxy) is 1. The predicted octanol–water partition coefficient (Wildman–Crippen LogP) is 6.22. The normalized spacial score (nSPS) is 10.8. The highest BCUT2D eigenvalue weighted by atomic mass is 35.5. The van der Waals surface area contributed by atoms with Gasteiger partial charge in [-0.2, -0.15) is 0 Å². The molecule has 1 aromatic heterocycles. The summed E-state index contributed by atoms with van der Waals surface area (Å²) < 4.78 is 20.1. The lowest BCUT2D eigenvalue weighted by Crippen LogP contribution is -2.06. The summed E-state index contributed by atoms with van der Waals surface area (Å²) in [4.78, 5) is 4.30. The maximum Gasteiger partial charge on any atom is 0.131 e. The first-order valence-electron chi connectivity index (χ1n) is 8.93. The van der Waals surface area contributed by atoms with E-state index in [1.165, 1.54) is 6.07 Å². The summed E-state index contributed by atoms with van der Waals surface area (Å²) in [6.45, 7) is 0.582. The molecule has 0 amide bonds. The van der Waals surface area contributed by atoms with Gasteiger partial charge in [0.25, 0.3) is 0 Å². The Morgan fingerprint density at radius 1 is 0.893 bits per heavy atom. The van der Waals surface area contributed by atoms with Crippen LogP contribution in [0, 0.1) is 5.82 Å². The van der Waals surface area contributed by atoms with Crippen LogP contribution in [-0.2, 0) is 13.2 Å². The monoisotopic (exact) mass is 392 g/mol. The van der Waals surface area contributed by atoms with Crippen molar-refractivity contribution in [3.63, 3.8) is 0 Å². The van der Waals surface area contributed by atoms with E-state index < -0.39 is 0 Å². The molecule has 0 saturated carbocycles. The summed E-state index contributed by atoms with van der Waals surface area (Å²) in [6.07, 6.45) is 1.74. The van der Waals surface area contributed by atoms with Gasteiger partial charge >= 0.3 is 0 Å². The van der Waals surface area contributed by atoms with E-state index in [-0.39, 0.29) is 12.4 Å². The molecular formula is C23H18ClFN2O. The molecule has 0 aliphatic rings. The Morgan fingerprint density at radius 2 is 1.75 bits per heavy atom. The zero-order chi connectivity index (χ0) is 19.3. The lowest BCUT2D eigenvalue weighted by molar-refractivity contribution is 0.297. The number of halogens is 2. The summed E-state index contributed by atoms with van der Waals surface area (Å²) in [5.41, 5.74) is 1.33. The third-order valence-electron chi connectivity index (χ3n) is 4.54. The molecule has 0 saturated heterocycles. The van der Waals surface area contributed by atoms with Crippen LogP contribution in [0.5, 0.6) is 5.75 Å². The minimum absolute atomic E-state index is 0.0560. The predicted molar refractivity (Wildman–Crippen MR) is 111 cm³/mol. The van der Waals surface area contributed by atoms with Gasteiger partial charge in [-0.15, -0.1) is 0 Å². The molecule has 3 nitrogen and oxygen atoms in total. The SMILES string of the molecule is Fc1cccc(Cl)c1COc1ccc2ccccc2c1CNc1ccccn1. The molecule has 5 heteroatoms. The van der Waals surface area contributed by atoms with Crippen LogP contribution in [-0.4, -0.2) is 4.98 Å². The van der Waals surface area contributed by atoms with Gasteiger partial charge < -0.3 is 10.1 Å². The van der Waals surface area contributed by atoms with Gasteiger partial charge in [-0.1, -0.05) is 54.1 Å². The summed E-state index contributed by atoms with van der Waals surface area (Å²) in [7, 11) is 0. The molecular weight excluding hydrogens is 375 g/mol. The lowest BCUT2D eigenvalue weighted by Gasteiger charge is -2.16. The van der Waals surface area contributed by atoms with Crippen LogP contribution in [0.2, 0.25) is 5.02 Å². The van der Waals surface area contributed by atoms with Gasteiger partial charge in [-0.05, 0) is 41.1 Å². The zero-order valence-corrected chi connectivity index (χ0v) is 15.8. The third-order valence-corrected chi connectivity index (χ3v) is 4.90. The average molecular weight is 393 g/mol. The van der Waals surface area contributed by atoms with Crippen molar-refractivity contribution in [2.75, 3.05) is 5.32 Å². The van der Waals surface area contributed by atoms with Gasteiger partial charge in [-0.3, -0.25) is 0 Å². The number of pyridine rings is 1. The van der Waals surface area contributed by atoms with E-state index in [4.69, 9.17) is 16.3 Å². The summed E-state index contributed by atoms with van der Waals surface area (Å²) in [6, 6.07) is 22.3. The summed E-state index contributed by atoms with van der Waals surface area (Å²) >= 11 is 6.13. The standard InChI is InChI=1S/C23H18ClFN2O/c24-20-8-5-9-21(25)19(20)15-28-22-12-11-16-6-1-2-7-17(16)18(22)14-27-23-10-3-4-13-26-23/h1-13H,14-15H2,(H,26,27). The number of fused-ring (bicyclic) bond motifs is 1. The van der Waals surface area contributed by atoms with Crippen molar-refractivity contribution in [3.05, 3.63) is 101 Å². The molecule has 1 heterocycles. The molecule has 0 atom stereocenters. The van der Waals surface area contributed by atoms with Crippen molar-refractivity contribution < 1.29 is 9.13 Å².